The van der Waals surface area contributed by atoms with Crippen molar-refractivity contribution in [2.75, 3.05) is 14.2 Å². The molecule has 6 heteroatoms. The summed E-state index contributed by atoms with van der Waals surface area (Å²) in [5, 5.41) is 10.4. The van der Waals surface area contributed by atoms with Gasteiger partial charge in [-0.25, -0.2) is 4.39 Å². The summed E-state index contributed by atoms with van der Waals surface area (Å²) in [6.07, 6.45) is -1.10. The predicted molar refractivity (Wildman–Crippen MR) is 82.7 cm³/mol. The molecule has 0 bridgehead atoms. The van der Waals surface area contributed by atoms with Crippen LogP contribution in [0.3, 0.4) is 0 Å². The number of halogens is 3. The maximum atomic E-state index is 13.5. The molecule has 0 aliphatic heterocycles. The van der Waals surface area contributed by atoms with Gasteiger partial charge in [0.1, 0.15) is 11.9 Å². The number of aliphatic hydroxyl groups is 1. The van der Waals surface area contributed by atoms with Crippen LogP contribution in [0, 0.1) is 5.82 Å². The minimum Gasteiger partial charge on any atom is -0.493 e. The first kappa shape index (κ1) is 16.1. The van der Waals surface area contributed by atoms with E-state index in [9.17, 15) is 9.50 Å². The van der Waals surface area contributed by atoms with Crippen LogP contribution in [-0.4, -0.2) is 19.3 Å². The number of aliphatic hydroxyl groups excluding tert-OH is 1. The van der Waals surface area contributed by atoms with E-state index in [0.29, 0.717) is 21.5 Å². The van der Waals surface area contributed by atoms with Crippen LogP contribution in [0.1, 0.15) is 17.2 Å². The van der Waals surface area contributed by atoms with Crippen LogP contribution < -0.4 is 9.47 Å². The molecule has 3 nitrogen and oxygen atoms in total. The highest BCUT2D eigenvalue weighted by Gasteiger charge is 2.21. The van der Waals surface area contributed by atoms with E-state index in [1.807, 2.05) is 0 Å². The molecule has 0 aliphatic carbocycles. The third kappa shape index (κ3) is 3.15. The summed E-state index contributed by atoms with van der Waals surface area (Å²) in [6.45, 7) is 0. The van der Waals surface area contributed by atoms with E-state index in [0.717, 1.165) is 0 Å². The van der Waals surface area contributed by atoms with Gasteiger partial charge < -0.3 is 14.6 Å². The molecule has 0 heterocycles. The largest absolute Gasteiger partial charge is 0.493 e. The van der Waals surface area contributed by atoms with Crippen molar-refractivity contribution in [3.63, 3.8) is 0 Å². The summed E-state index contributed by atoms with van der Waals surface area (Å²) >= 11 is 9.28. The Balaban J connectivity index is 2.53. The third-order valence-corrected chi connectivity index (χ3v) is 4.16. The lowest BCUT2D eigenvalue weighted by Gasteiger charge is -2.17. The standard InChI is InChI=1S/C15H13BrClFO3/c1-20-12-6-9(10(16)7-13(12)21-2)15(19)8-4-3-5-11(18)14(8)17/h3-7,15,19H,1-2H3. The van der Waals surface area contributed by atoms with Crippen molar-refractivity contribution in [1.82, 2.24) is 0 Å². The van der Waals surface area contributed by atoms with Gasteiger partial charge in [-0.1, -0.05) is 39.7 Å². The lowest BCUT2D eigenvalue weighted by molar-refractivity contribution is 0.218. The van der Waals surface area contributed by atoms with Crippen molar-refractivity contribution in [2.24, 2.45) is 0 Å². The van der Waals surface area contributed by atoms with E-state index in [1.165, 1.54) is 26.4 Å². The molecule has 2 aromatic carbocycles. The van der Waals surface area contributed by atoms with Gasteiger partial charge >= 0.3 is 0 Å². The number of hydrogen-bond donors (Lipinski definition) is 1. The van der Waals surface area contributed by atoms with Gasteiger partial charge in [0.2, 0.25) is 0 Å². The Labute approximate surface area is 135 Å². The topological polar surface area (TPSA) is 38.7 Å². The Hall–Kier alpha value is -1.30. The zero-order valence-corrected chi connectivity index (χ0v) is 13.7. The number of ether oxygens (including phenoxy) is 2. The maximum absolute atomic E-state index is 13.5. The monoisotopic (exact) mass is 374 g/mol. The number of methoxy groups -OCH3 is 2. The quantitative estimate of drug-likeness (QED) is 0.864. The second-order valence-electron chi connectivity index (χ2n) is 4.27. The van der Waals surface area contributed by atoms with E-state index in [2.05, 4.69) is 15.9 Å². The van der Waals surface area contributed by atoms with Crippen LogP contribution >= 0.6 is 27.5 Å². The molecule has 0 aromatic heterocycles. The molecule has 1 unspecified atom stereocenters. The fraction of sp³-hybridized carbons (Fsp3) is 0.200. The summed E-state index contributed by atoms with van der Waals surface area (Å²) in [7, 11) is 3.01. The molecule has 1 atom stereocenters. The SMILES string of the molecule is COc1cc(Br)c(C(O)c2cccc(F)c2Cl)cc1OC. The molecular formula is C15H13BrClFO3. The Morgan fingerprint density at radius 2 is 1.76 bits per heavy atom. The molecule has 21 heavy (non-hydrogen) atoms. The summed E-state index contributed by atoms with van der Waals surface area (Å²) in [4.78, 5) is 0. The van der Waals surface area contributed by atoms with Crippen LogP contribution in [-0.2, 0) is 0 Å². The van der Waals surface area contributed by atoms with Crippen molar-refractivity contribution in [3.8, 4) is 11.5 Å². The van der Waals surface area contributed by atoms with Gasteiger partial charge in [-0.3, -0.25) is 0 Å². The number of rotatable bonds is 4. The van der Waals surface area contributed by atoms with Gasteiger partial charge in [-0.05, 0) is 18.2 Å². The van der Waals surface area contributed by atoms with Gasteiger partial charge in [0.05, 0.1) is 19.2 Å². The number of benzene rings is 2. The summed E-state index contributed by atoms with van der Waals surface area (Å²) in [5.74, 6) is 0.401. The molecule has 0 saturated heterocycles. The molecule has 2 rings (SSSR count). The fourth-order valence-electron chi connectivity index (χ4n) is 1.98. The van der Waals surface area contributed by atoms with Gasteiger partial charge in [0, 0.05) is 15.6 Å². The summed E-state index contributed by atoms with van der Waals surface area (Å²) in [6, 6.07) is 7.59. The fourth-order valence-corrected chi connectivity index (χ4v) is 2.75. The minimum absolute atomic E-state index is 0.105. The molecule has 0 aliphatic rings. The van der Waals surface area contributed by atoms with E-state index in [4.69, 9.17) is 21.1 Å². The normalized spacial score (nSPS) is 12.1. The predicted octanol–water partition coefficient (Wildman–Crippen LogP) is 4.34. The van der Waals surface area contributed by atoms with Crippen LogP contribution in [0.4, 0.5) is 4.39 Å². The first-order valence-electron chi connectivity index (χ1n) is 6.03. The van der Waals surface area contributed by atoms with E-state index >= 15 is 0 Å². The first-order chi connectivity index (χ1) is 9.99. The van der Waals surface area contributed by atoms with Crippen LogP contribution in [0.5, 0.6) is 11.5 Å². The van der Waals surface area contributed by atoms with Crippen molar-refractivity contribution in [1.29, 1.82) is 0 Å². The highest BCUT2D eigenvalue weighted by Crippen LogP contribution is 2.39. The third-order valence-electron chi connectivity index (χ3n) is 3.07. The number of hydrogen-bond acceptors (Lipinski definition) is 3. The minimum atomic E-state index is -1.10. The zero-order valence-electron chi connectivity index (χ0n) is 11.4. The average molecular weight is 376 g/mol. The molecule has 0 amide bonds. The molecule has 0 spiro atoms. The molecule has 2 aromatic rings. The molecular weight excluding hydrogens is 363 g/mol. The second-order valence-corrected chi connectivity index (χ2v) is 5.51. The summed E-state index contributed by atoms with van der Waals surface area (Å²) < 4.78 is 24.5. The lowest BCUT2D eigenvalue weighted by atomic mass is 10.0. The van der Waals surface area contributed by atoms with Crippen molar-refractivity contribution in [3.05, 3.63) is 56.8 Å². The van der Waals surface area contributed by atoms with Crippen molar-refractivity contribution in [2.45, 2.75) is 6.10 Å². The van der Waals surface area contributed by atoms with E-state index in [-0.39, 0.29) is 10.6 Å². The van der Waals surface area contributed by atoms with Crippen LogP contribution in [0.25, 0.3) is 0 Å². The zero-order chi connectivity index (χ0) is 15.6. The van der Waals surface area contributed by atoms with Gasteiger partial charge in [-0.2, -0.15) is 0 Å². The Kier molecular flexibility index (Phi) is 5.08. The molecule has 112 valence electrons. The molecule has 0 fully saturated rings. The maximum Gasteiger partial charge on any atom is 0.161 e. The second kappa shape index (κ2) is 6.64. The Bertz CT molecular complexity index is 664. The van der Waals surface area contributed by atoms with Gasteiger partial charge in [0.25, 0.3) is 0 Å². The van der Waals surface area contributed by atoms with E-state index < -0.39 is 11.9 Å². The van der Waals surface area contributed by atoms with Gasteiger partial charge in [-0.15, -0.1) is 0 Å². The van der Waals surface area contributed by atoms with Gasteiger partial charge in [0.15, 0.2) is 11.5 Å². The first-order valence-corrected chi connectivity index (χ1v) is 7.20. The van der Waals surface area contributed by atoms with E-state index in [1.54, 1.807) is 18.2 Å². The highest BCUT2D eigenvalue weighted by molar-refractivity contribution is 9.10. The van der Waals surface area contributed by atoms with Crippen LogP contribution in [0.15, 0.2) is 34.8 Å². The van der Waals surface area contributed by atoms with Crippen LogP contribution in [0.2, 0.25) is 5.02 Å². The van der Waals surface area contributed by atoms with Crippen molar-refractivity contribution < 1.29 is 19.0 Å². The lowest BCUT2D eigenvalue weighted by Crippen LogP contribution is -2.04. The van der Waals surface area contributed by atoms with Crippen molar-refractivity contribution >= 4 is 27.5 Å². The Morgan fingerprint density at radius 1 is 1.14 bits per heavy atom. The molecule has 0 radical (unpaired) electrons. The average Bonchev–Trinajstić information content (AvgIpc) is 2.49. The smallest absolute Gasteiger partial charge is 0.161 e. The summed E-state index contributed by atoms with van der Waals surface area (Å²) in [5.41, 5.74) is 0.782. The Morgan fingerprint density at radius 3 is 2.38 bits per heavy atom. The highest BCUT2D eigenvalue weighted by atomic mass is 79.9. The molecule has 0 saturated carbocycles. The molecule has 1 N–H and O–H groups in total.